The quantitative estimate of drug-likeness (QED) is 0.386. The summed E-state index contributed by atoms with van der Waals surface area (Å²) in [6.07, 6.45) is 2.03. The van der Waals surface area contributed by atoms with E-state index in [1.807, 2.05) is 27.7 Å². The van der Waals surface area contributed by atoms with Crippen LogP contribution in [0.2, 0.25) is 0 Å². The molecule has 0 bridgehead atoms. The highest BCUT2D eigenvalue weighted by atomic mass is 16.5. The minimum Gasteiger partial charge on any atom is -0.458 e. The van der Waals surface area contributed by atoms with Crippen LogP contribution in [0.1, 0.15) is 47.5 Å². The van der Waals surface area contributed by atoms with Crippen molar-refractivity contribution in [3.63, 3.8) is 0 Å². The van der Waals surface area contributed by atoms with E-state index in [1.54, 1.807) is 0 Å². The lowest BCUT2D eigenvalue weighted by Gasteiger charge is -2.12. The number of aliphatic imine (C=N–C) groups is 1. The zero-order valence-corrected chi connectivity index (χ0v) is 10.5. The molecule has 0 heterocycles. The van der Waals surface area contributed by atoms with Crippen molar-refractivity contribution in [2.24, 2.45) is 10.9 Å². The number of hydrogen-bond acceptors (Lipinski definition) is 3. The zero-order chi connectivity index (χ0) is 11.8. The molecular formula is C12H23NO2. The molecule has 0 fully saturated rings. The molecule has 0 radical (unpaired) electrons. The molecule has 0 unspecified atom stereocenters. The van der Waals surface area contributed by atoms with E-state index in [4.69, 9.17) is 4.74 Å². The molecule has 0 aromatic rings. The van der Waals surface area contributed by atoms with Crippen LogP contribution in [-0.2, 0) is 9.53 Å². The average molecular weight is 213 g/mol. The monoisotopic (exact) mass is 213 g/mol. The fourth-order valence-corrected chi connectivity index (χ4v) is 1.11. The van der Waals surface area contributed by atoms with Gasteiger partial charge in [-0.2, -0.15) is 0 Å². The standard InChI is InChI=1S/C12H23NO2/c1-6-7-8-13-11(9(2)3)12(14)15-10(4)5/h9-10H,6-8H2,1-5H3. The minimum atomic E-state index is -0.267. The van der Waals surface area contributed by atoms with E-state index in [1.165, 1.54) is 0 Å². The van der Waals surface area contributed by atoms with Crippen molar-refractivity contribution in [2.45, 2.75) is 53.6 Å². The van der Waals surface area contributed by atoms with E-state index >= 15 is 0 Å². The predicted molar refractivity (Wildman–Crippen MR) is 63.3 cm³/mol. The van der Waals surface area contributed by atoms with Crippen LogP contribution in [0.3, 0.4) is 0 Å². The normalized spacial score (nSPS) is 12.3. The molecule has 3 heteroatoms. The van der Waals surface area contributed by atoms with Crippen molar-refractivity contribution in [1.82, 2.24) is 0 Å². The van der Waals surface area contributed by atoms with Crippen molar-refractivity contribution in [3.05, 3.63) is 0 Å². The second-order valence-corrected chi connectivity index (χ2v) is 4.23. The Morgan fingerprint density at radius 3 is 2.27 bits per heavy atom. The summed E-state index contributed by atoms with van der Waals surface area (Å²) in [5.41, 5.74) is 0.567. The molecule has 0 aliphatic carbocycles. The van der Waals surface area contributed by atoms with E-state index in [0.29, 0.717) is 5.71 Å². The van der Waals surface area contributed by atoms with Gasteiger partial charge in [0.1, 0.15) is 5.71 Å². The lowest BCUT2D eigenvalue weighted by atomic mass is 10.1. The van der Waals surface area contributed by atoms with E-state index < -0.39 is 0 Å². The Kier molecular flexibility index (Phi) is 7.01. The first-order valence-corrected chi connectivity index (χ1v) is 5.74. The molecule has 0 saturated carbocycles. The van der Waals surface area contributed by atoms with Crippen LogP contribution in [0.5, 0.6) is 0 Å². The van der Waals surface area contributed by atoms with Crippen molar-refractivity contribution >= 4 is 11.7 Å². The van der Waals surface area contributed by atoms with Crippen LogP contribution in [0, 0.1) is 5.92 Å². The van der Waals surface area contributed by atoms with Crippen molar-refractivity contribution in [2.75, 3.05) is 6.54 Å². The van der Waals surface area contributed by atoms with Crippen LogP contribution in [0.25, 0.3) is 0 Å². The molecule has 0 atom stereocenters. The van der Waals surface area contributed by atoms with Gasteiger partial charge in [0.15, 0.2) is 0 Å². The molecule has 3 nitrogen and oxygen atoms in total. The smallest absolute Gasteiger partial charge is 0.352 e. The van der Waals surface area contributed by atoms with Gasteiger partial charge in [0.2, 0.25) is 0 Å². The number of esters is 1. The van der Waals surface area contributed by atoms with Crippen LogP contribution in [0.4, 0.5) is 0 Å². The van der Waals surface area contributed by atoms with E-state index in [0.717, 1.165) is 19.4 Å². The largest absolute Gasteiger partial charge is 0.458 e. The van der Waals surface area contributed by atoms with Gasteiger partial charge in [-0.25, -0.2) is 4.79 Å². The molecule has 0 aliphatic rings. The maximum absolute atomic E-state index is 11.6. The molecule has 0 rings (SSSR count). The van der Waals surface area contributed by atoms with Crippen molar-refractivity contribution < 1.29 is 9.53 Å². The number of ether oxygens (including phenoxy) is 1. The molecule has 0 aromatic carbocycles. The molecule has 0 saturated heterocycles. The summed E-state index contributed by atoms with van der Waals surface area (Å²) in [6.45, 7) is 10.5. The molecule has 0 aromatic heterocycles. The van der Waals surface area contributed by atoms with Crippen molar-refractivity contribution in [3.8, 4) is 0 Å². The fraction of sp³-hybridized carbons (Fsp3) is 0.833. The van der Waals surface area contributed by atoms with Gasteiger partial charge < -0.3 is 4.74 Å². The highest BCUT2D eigenvalue weighted by molar-refractivity contribution is 6.37. The first kappa shape index (κ1) is 14.1. The maximum Gasteiger partial charge on any atom is 0.352 e. The van der Waals surface area contributed by atoms with Gasteiger partial charge >= 0.3 is 5.97 Å². The summed E-state index contributed by atoms with van der Waals surface area (Å²) >= 11 is 0. The van der Waals surface area contributed by atoms with Gasteiger partial charge in [0.25, 0.3) is 0 Å². The lowest BCUT2D eigenvalue weighted by molar-refractivity contribution is -0.139. The summed E-state index contributed by atoms with van der Waals surface area (Å²) < 4.78 is 5.13. The molecular weight excluding hydrogens is 190 g/mol. The molecule has 0 spiro atoms. The molecule has 88 valence electrons. The Labute approximate surface area is 92.9 Å². The van der Waals surface area contributed by atoms with Gasteiger partial charge in [-0.3, -0.25) is 4.99 Å². The van der Waals surface area contributed by atoms with Crippen LogP contribution in [-0.4, -0.2) is 24.3 Å². The first-order chi connectivity index (χ1) is 6.99. The molecule has 0 amide bonds. The Morgan fingerprint density at radius 1 is 1.27 bits per heavy atom. The summed E-state index contributed by atoms with van der Waals surface area (Å²) in [5.74, 6) is -0.135. The van der Waals surface area contributed by atoms with Crippen molar-refractivity contribution in [1.29, 1.82) is 0 Å². The van der Waals surface area contributed by atoms with E-state index in [-0.39, 0.29) is 18.0 Å². The second-order valence-electron chi connectivity index (χ2n) is 4.23. The third kappa shape index (κ3) is 6.26. The Bertz CT molecular complexity index is 220. The zero-order valence-electron chi connectivity index (χ0n) is 10.5. The van der Waals surface area contributed by atoms with Gasteiger partial charge in [-0.15, -0.1) is 0 Å². The Morgan fingerprint density at radius 2 is 1.87 bits per heavy atom. The summed E-state index contributed by atoms with van der Waals surface area (Å²) in [6, 6.07) is 0. The summed E-state index contributed by atoms with van der Waals surface area (Å²) in [4.78, 5) is 15.9. The van der Waals surface area contributed by atoms with E-state index in [2.05, 4.69) is 11.9 Å². The van der Waals surface area contributed by atoms with Crippen LogP contribution >= 0.6 is 0 Å². The Hall–Kier alpha value is -0.860. The number of carbonyl (C=O) groups is 1. The number of nitrogens with zero attached hydrogens (tertiary/aromatic N) is 1. The first-order valence-electron chi connectivity index (χ1n) is 5.74. The minimum absolute atomic E-state index is 0.0763. The van der Waals surface area contributed by atoms with Gasteiger partial charge in [0.05, 0.1) is 6.10 Å². The van der Waals surface area contributed by atoms with Gasteiger partial charge in [-0.05, 0) is 20.3 Å². The number of rotatable bonds is 6. The SMILES string of the molecule is CCCCN=C(C(=O)OC(C)C)C(C)C. The third-order valence-electron chi connectivity index (χ3n) is 1.89. The molecule has 15 heavy (non-hydrogen) atoms. The molecule has 0 aliphatic heterocycles. The van der Waals surface area contributed by atoms with Gasteiger partial charge in [-0.1, -0.05) is 27.2 Å². The van der Waals surface area contributed by atoms with Crippen LogP contribution in [0.15, 0.2) is 4.99 Å². The predicted octanol–water partition coefficient (Wildman–Crippen LogP) is 2.84. The van der Waals surface area contributed by atoms with E-state index in [9.17, 15) is 4.79 Å². The average Bonchev–Trinajstić information content (AvgIpc) is 2.10. The summed E-state index contributed by atoms with van der Waals surface area (Å²) in [7, 11) is 0. The molecule has 0 N–H and O–H groups in total. The van der Waals surface area contributed by atoms with Gasteiger partial charge in [0, 0.05) is 12.5 Å². The lowest BCUT2D eigenvalue weighted by Crippen LogP contribution is -2.25. The van der Waals surface area contributed by atoms with Crippen LogP contribution < -0.4 is 0 Å². The maximum atomic E-state index is 11.6. The third-order valence-corrected chi connectivity index (χ3v) is 1.89. The Balaban J connectivity index is 4.38. The highest BCUT2D eigenvalue weighted by Crippen LogP contribution is 2.03. The highest BCUT2D eigenvalue weighted by Gasteiger charge is 2.17. The number of unbranched alkanes of at least 4 members (excludes halogenated alkanes) is 1. The fourth-order valence-electron chi connectivity index (χ4n) is 1.11. The number of hydrogen-bond donors (Lipinski definition) is 0. The summed E-state index contributed by atoms with van der Waals surface area (Å²) in [5, 5.41) is 0. The topological polar surface area (TPSA) is 38.7 Å². The number of carbonyl (C=O) groups excluding carboxylic acids is 1. The second kappa shape index (κ2) is 7.43.